The number of fused-ring (bicyclic) bond motifs is 1. The van der Waals surface area contributed by atoms with Gasteiger partial charge in [0, 0.05) is 18.3 Å². The Morgan fingerprint density at radius 2 is 1.76 bits per heavy atom. The van der Waals surface area contributed by atoms with Crippen LogP contribution in [0.3, 0.4) is 0 Å². The van der Waals surface area contributed by atoms with E-state index in [9.17, 15) is 4.79 Å². The van der Waals surface area contributed by atoms with Crippen molar-refractivity contribution < 1.29 is 24.1 Å². The quantitative estimate of drug-likeness (QED) is 0.335. The second kappa shape index (κ2) is 10.7. The average molecular weight is 470 g/mol. The number of ether oxygens (including phenoxy) is 3. The van der Waals surface area contributed by atoms with Crippen LogP contribution < -0.4 is 31.5 Å². The molecule has 10 nitrogen and oxygen atoms in total. The van der Waals surface area contributed by atoms with Gasteiger partial charge in [-0.2, -0.15) is 0 Å². The molecule has 5 rings (SSSR count). The largest absolute Gasteiger partial charge is 0.491 e. The third-order valence-electron chi connectivity index (χ3n) is 6.34. The van der Waals surface area contributed by atoms with Crippen LogP contribution in [-0.4, -0.2) is 68.4 Å². The zero-order valence-electron chi connectivity index (χ0n) is 18.8. The monoisotopic (exact) mass is 469 g/mol. The molecule has 34 heavy (non-hydrogen) atoms. The molecular formula is C24H31N5O5. The number of hydrogen-bond donors (Lipinski definition) is 6. The van der Waals surface area contributed by atoms with E-state index in [1.807, 2.05) is 42.5 Å². The van der Waals surface area contributed by atoms with Gasteiger partial charge in [0.25, 0.3) is 0 Å². The van der Waals surface area contributed by atoms with Crippen LogP contribution in [0.5, 0.6) is 5.75 Å². The standard InChI is InChI=1S/C24H31N5O5/c30-11-18-12-34-19(14-33-18)13-32-17-8-6-16(7-9-17)26-23-21-20(10-25-29-24(21)31)27-22(28-23)15-4-2-1-3-5-15/h1-9,18-23,25-28,30H,10-14H2,(H,29,31)/t18-,19+,20?,21?,22?,23?/m0/s1. The highest BCUT2D eigenvalue weighted by atomic mass is 16.6. The van der Waals surface area contributed by atoms with Gasteiger partial charge < -0.3 is 24.6 Å². The number of hydrazine groups is 1. The molecule has 0 aromatic heterocycles. The van der Waals surface area contributed by atoms with E-state index in [1.165, 1.54) is 0 Å². The molecule has 3 heterocycles. The van der Waals surface area contributed by atoms with Gasteiger partial charge in [-0.25, -0.2) is 5.43 Å². The molecule has 0 radical (unpaired) electrons. The molecular weight excluding hydrogens is 438 g/mol. The maximum Gasteiger partial charge on any atom is 0.242 e. The molecule has 3 saturated heterocycles. The molecule has 182 valence electrons. The second-order valence-electron chi connectivity index (χ2n) is 8.73. The number of anilines is 1. The smallest absolute Gasteiger partial charge is 0.242 e. The number of nitrogens with one attached hydrogen (secondary N) is 5. The molecule has 2 aromatic rings. The number of amides is 1. The normalized spacial score (nSPS) is 31.3. The van der Waals surface area contributed by atoms with E-state index in [1.54, 1.807) is 0 Å². The Hall–Kier alpha value is -2.73. The first kappa shape index (κ1) is 23.0. The van der Waals surface area contributed by atoms with Gasteiger partial charge in [-0.3, -0.25) is 20.9 Å². The van der Waals surface area contributed by atoms with E-state index in [-0.39, 0.29) is 49.0 Å². The lowest BCUT2D eigenvalue weighted by molar-refractivity contribution is -0.152. The Balaban J connectivity index is 1.21. The molecule has 2 aromatic carbocycles. The van der Waals surface area contributed by atoms with Crippen molar-refractivity contribution in [3.63, 3.8) is 0 Å². The summed E-state index contributed by atoms with van der Waals surface area (Å²) in [6.07, 6.45) is -0.769. The van der Waals surface area contributed by atoms with Crippen molar-refractivity contribution >= 4 is 11.6 Å². The van der Waals surface area contributed by atoms with E-state index in [0.717, 1.165) is 17.0 Å². The van der Waals surface area contributed by atoms with Gasteiger partial charge in [-0.1, -0.05) is 30.3 Å². The van der Waals surface area contributed by atoms with Crippen molar-refractivity contribution in [1.82, 2.24) is 21.5 Å². The summed E-state index contributed by atoms with van der Waals surface area (Å²) in [5.41, 5.74) is 7.72. The third-order valence-corrected chi connectivity index (χ3v) is 6.34. The Kier molecular flexibility index (Phi) is 7.24. The number of aliphatic hydroxyl groups excluding tert-OH is 1. The molecule has 4 unspecified atom stereocenters. The predicted molar refractivity (Wildman–Crippen MR) is 125 cm³/mol. The molecule has 3 aliphatic heterocycles. The van der Waals surface area contributed by atoms with Crippen LogP contribution in [0.15, 0.2) is 54.6 Å². The minimum Gasteiger partial charge on any atom is -0.491 e. The molecule has 6 N–H and O–H groups in total. The second-order valence-corrected chi connectivity index (χ2v) is 8.73. The first-order valence-electron chi connectivity index (χ1n) is 11.6. The van der Waals surface area contributed by atoms with E-state index >= 15 is 0 Å². The number of rotatable bonds is 7. The Labute approximate surface area is 198 Å². The van der Waals surface area contributed by atoms with Crippen LogP contribution in [0.2, 0.25) is 0 Å². The Morgan fingerprint density at radius 1 is 1.00 bits per heavy atom. The molecule has 1 amide bonds. The minimum atomic E-state index is -0.289. The highest BCUT2D eigenvalue weighted by Crippen LogP contribution is 2.26. The van der Waals surface area contributed by atoms with Crippen LogP contribution >= 0.6 is 0 Å². The van der Waals surface area contributed by atoms with E-state index < -0.39 is 0 Å². The molecule has 3 aliphatic rings. The summed E-state index contributed by atoms with van der Waals surface area (Å²) in [6, 6.07) is 17.8. The van der Waals surface area contributed by atoms with Gasteiger partial charge >= 0.3 is 0 Å². The van der Waals surface area contributed by atoms with Crippen molar-refractivity contribution in [3.8, 4) is 5.75 Å². The highest BCUT2D eigenvalue weighted by molar-refractivity contribution is 5.81. The van der Waals surface area contributed by atoms with Crippen molar-refractivity contribution in [2.75, 3.05) is 38.3 Å². The third kappa shape index (κ3) is 5.33. The topological polar surface area (TPSA) is 125 Å². The zero-order valence-corrected chi connectivity index (χ0v) is 18.8. The van der Waals surface area contributed by atoms with Gasteiger partial charge in [-0.05, 0) is 29.8 Å². The number of hydrogen-bond acceptors (Lipinski definition) is 9. The van der Waals surface area contributed by atoms with Gasteiger partial charge in [0.1, 0.15) is 24.6 Å². The molecule has 0 bridgehead atoms. The van der Waals surface area contributed by atoms with Crippen LogP contribution in [-0.2, 0) is 14.3 Å². The number of aliphatic hydroxyl groups is 1. The summed E-state index contributed by atoms with van der Waals surface area (Å²) >= 11 is 0. The lowest BCUT2D eigenvalue weighted by atomic mass is 9.89. The van der Waals surface area contributed by atoms with Crippen LogP contribution in [0.1, 0.15) is 11.7 Å². The van der Waals surface area contributed by atoms with Gasteiger partial charge in [0.2, 0.25) is 5.91 Å². The molecule has 0 aliphatic carbocycles. The van der Waals surface area contributed by atoms with Crippen molar-refractivity contribution in [2.45, 2.75) is 30.6 Å². The molecule has 0 spiro atoms. The fourth-order valence-corrected chi connectivity index (χ4v) is 4.50. The maximum absolute atomic E-state index is 12.7. The number of carbonyl (C=O) groups excluding carboxylic acids is 1. The molecule has 3 fully saturated rings. The first-order chi connectivity index (χ1) is 16.7. The highest BCUT2D eigenvalue weighted by Gasteiger charge is 2.43. The van der Waals surface area contributed by atoms with Crippen molar-refractivity contribution in [1.29, 1.82) is 0 Å². The number of benzene rings is 2. The fourth-order valence-electron chi connectivity index (χ4n) is 4.50. The van der Waals surface area contributed by atoms with Gasteiger partial charge in [0.15, 0.2) is 0 Å². The van der Waals surface area contributed by atoms with E-state index in [0.29, 0.717) is 26.4 Å². The lowest BCUT2D eigenvalue weighted by Crippen LogP contribution is -2.71. The van der Waals surface area contributed by atoms with Gasteiger partial charge in [-0.15, -0.1) is 0 Å². The minimum absolute atomic E-state index is 0.0246. The van der Waals surface area contributed by atoms with Crippen LogP contribution in [0.25, 0.3) is 0 Å². The number of carbonyl (C=O) groups is 1. The van der Waals surface area contributed by atoms with Crippen LogP contribution in [0, 0.1) is 5.92 Å². The summed E-state index contributed by atoms with van der Waals surface area (Å²) in [4.78, 5) is 12.7. The van der Waals surface area contributed by atoms with E-state index in [4.69, 9.17) is 19.3 Å². The summed E-state index contributed by atoms with van der Waals surface area (Å²) < 4.78 is 17.0. The summed E-state index contributed by atoms with van der Waals surface area (Å²) in [5.74, 6) is 0.373. The average Bonchev–Trinajstić information content (AvgIpc) is 2.89. The molecule has 6 atom stereocenters. The summed E-state index contributed by atoms with van der Waals surface area (Å²) in [7, 11) is 0. The summed E-state index contributed by atoms with van der Waals surface area (Å²) in [5, 5.41) is 19.7. The van der Waals surface area contributed by atoms with Crippen LogP contribution in [0.4, 0.5) is 5.69 Å². The van der Waals surface area contributed by atoms with Gasteiger partial charge in [0.05, 0.1) is 38.1 Å². The molecule has 10 heteroatoms. The fraction of sp³-hybridized carbons (Fsp3) is 0.458. The van der Waals surface area contributed by atoms with Crippen molar-refractivity contribution in [2.24, 2.45) is 5.92 Å². The Bertz CT molecular complexity index is 939. The maximum atomic E-state index is 12.7. The zero-order chi connectivity index (χ0) is 23.3. The van der Waals surface area contributed by atoms with E-state index in [2.05, 4.69) is 38.9 Å². The van der Waals surface area contributed by atoms with Crippen molar-refractivity contribution in [3.05, 3.63) is 60.2 Å². The first-order valence-corrected chi connectivity index (χ1v) is 11.6. The Morgan fingerprint density at radius 3 is 2.50 bits per heavy atom. The lowest BCUT2D eigenvalue weighted by Gasteiger charge is -2.46. The SMILES string of the molecule is O=C1NNCC2NC(c3ccccc3)NC(Nc3ccc(OC[C@@H]4CO[C@@H](CO)CO4)cc3)C12. The summed E-state index contributed by atoms with van der Waals surface area (Å²) in [6.45, 7) is 1.73. The predicted octanol–water partition coefficient (Wildman–Crippen LogP) is 0.0905. The molecule has 0 saturated carbocycles.